The fraction of sp³-hybridized carbons (Fsp3) is 0.455. The van der Waals surface area contributed by atoms with Gasteiger partial charge in [-0.15, -0.1) is 0 Å². The maximum atomic E-state index is 2.41. The third-order valence-electron chi connectivity index (χ3n) is 2.03. The van der Waals surface area contributed by atoms with Gasteiger partial charge in [0.05, 0.1) is 0 Å². The van der Waals surface area contributed by atoms with E-state index in [9.17, 15) is 0 Å². The number of benzene rings is 1. The van der Waals surface area contributed by atoms with Crippen molar-refractivity contribution in [3.05, 3.63) is 35.4 Å². The summed E-state index contributed by atoms with van der Waals surface area (Å²) in [7, 11) is 0. The van der Waals surface area contributed by atoms with Crippen molar-refractivity contribution in [3.8, 4) is 0 Å². The maximum absolute atomic E-state index is 2.41. The predicted molar refractivity (Wildman–Crippen MR) is 63.1 cm³/mol. The third kappa shape index (κ3) is 2.77. The maximum Gasteiger partial charge on any atom is 0.00358 e. The summed E-state index contributed by atoms with van der Waals surface area (Å²) >= 11 is 2.41. The van der Waals surface area contributed by atoms with Gasteiger partial charge in [-0.2, -0.15) is 0 Å². The zero-order valence-electron chi connectivity index (χ0n) is 7.68. The number of aryl methyl sites for hydroxylation is 1. The Bertz CT molecular complexity index is 223. The number of rotatable bonds is 3. The largest absolute Gasteiger partial charge is 0.0860 e. The van der Waals surface area contributed by atoms with Crippen molar-refractivity contribution < 1.29 is 0 Å². The third-order valence-corrected chi connectivity index (χ3v) is 2.57. The Kier molecular flexibility index (Phi) is 4.06. The van der Waals surface area contributed by atoms with E-state index in [2.05, 4.69) is 60.7 Å². The van der Waals surface area contributed by atoms with Crippen LogP contribution < -0.4 is 0 Å². The number of hydrogen-bond donors (Lipinski definition) is 0. The van der Waals surface area contributed by atoms with Crippen molar-refractivity contribution in [2.45, 2.75) is 26.2 Å². The summed E-state index contributed by atoms with van der Waals surface area (Å²) in [5, 5.41) is 0. The first-order chi connectivity index (χ1) is 5.74. The molecule has 0 atom stereocenters. The lowest BCUT2D eigenvalue weighted by atomic mass is 10.0. The van der Waals surface area contributed by atoms with E-state index in [-0.39, 0.29) is 0 Å². The quantitative estimate of drug-likeness (QED) is 0.581. The normalized spacial score (nSPS) is 10.7. The molecular formula is C11H15I. The van der Waals surface area contributed by atoms with Crippen LogP contribution >= 0.6 is 22.6 Å². The molecule has 0 aromatic heterocycles. The lowest BCUT2D eigenvalue weighted by Gasteiger charge is -2.05. The Labute approximate surface area is 88.5 Å². The molecule has 1 aromatic rings. The van der Waals surface area contributed by atoms with Gasteiger partial charge >= 0.3 is 0 Å². The zero-order chi connectivity index (χ0) is 8.97. The van der Waals surface area contributed by atoms with Gasteiger partial charge in [-0.25, -0.2) is 0 Å². The van der Waals surface area contributed by atoms with Crippen molar-refractivity contribution in [2.75, 3.05) is 4.43 Å². The Hall–Kier alpha value is -0.0500. The second kappa shape index (κ2) is 4.85. The molecule has 0 unspecified atom stereocenters. The molecule has 0 radical (unpaired) electrons. The minimum absolute atomic E-state index is 0.652. The summed E-state index contributed by atoms with van der Waals surface area (Å²) in [6, 6.07) is 8.97. The first kappa shape index (κ1) is 10.0. The molecule has 0 saturated carbocycles. The minimum Gasteiger partial charge on any atom is -0.0860 e. The lowest BCUT2D eigenvalue weighted by Crippen LogP contribution is -1.89. The molecule has 0 bridgehead atoms. The monoisotopic (exact) mass is 274 g/mol. The van der Waals surface area contributed by atoms with Crippen LogP contribution in [0.1, 0.15) is 30.9 Å². The number of halogens is 1. The van der Waals surface area contributed by atoms with Crippen LogP contribution in [0.15, 0.2) is 24.3 Å². The van der Waals surface area contributed by atoms with E-state index in [1.54, 1.807) is 0 Å². The molecule has 66 valence electrons. The average molecular weight is 274 g/mol. The molecular weight excluding hydrogens is 259 g/mol. The van der Waals surface area contributed by atoms with Gasteiger partial charge in [-0.05, 0) is 23.5 Å². The van der Waals surface area contributed by atoms with E-state index >= 15 is 0 Å². The Morgan fingerprint density at radius 2 is 1.75 bits per heavy atom. The van der Waals surface area contributed by atoms with Crippen LogP contribution in [0.2, 0.25) is 0 Å². The molecule has 1 aromatic carbocycles. The average Bonchev–Trinajstić information content (AvgIpc) is 2.06. The first-order valence-corrected chi connectivity index (χ1v) is 5.91. The SMILES string of the molecule is CC(C)c1ccc(CCI)cc1. The van der Waals surface area contributed by atoms with Crippen molar-refractivity contribution in [3.63, 3.8) is 0 Å². The van der Waals surface area contributed by atoms with E-state index in [4.69, 9.17) is 0 Å². The lowest BCUT2D eigenvalue weighted by molar-refractivity contribution is 0.865. The summed E-state index contributed by atoms with van der Waals surface area (Å²) < 4.78 is 1.21. The Morgan fingerprint density at radius 1 is 1.17 bits per heavy atom. The van der Waals surface area contributed by atoms with Gasteiger partial charge < -0.3 is 0 Å². The van der Waals surface area contributed by atoms with Crippen LogP contribution in [0, 0.1) is 0 Å². The molecule has 0 saturated heterocycles. The van der Waals surface area contributed by atoms with Gasteiger partial charge in [0.1, 0.15) is 0 Å². The van der Waals surface area contributed by atoms with E-state index in [0.29, 0.717) is 5.92 Å². The molecule has 0 nitrogen and oxygen atoms in total. The fourth-order valence-electron chi connectivity index (χ4n) is 1.18. The van der Waals surface area contributed by atoms with Gasteiger partial charge in [0.15, 0.2) is 0 Å². The van der Waals surface area contributed by atoms with Gasteiger partial charge in [0.2, 0.25) is 0 Å². The molecule has 0 aliphatic rings. The highest BCUT2D eigenvalue weighted by Crippen LogP contribution is 2.15. The summed E-state index contributed by atoms with van der Waals surface area (Å²) in [5.41, 5.74) is 2.89. The summed E-state index contributed by atoms with van der Waals surface area (Å²) in [6.07, 6.45) is 1.19. The van der Waals surface area contributed by atoms with Crippen molar-refractivity contribution in [1.82, 2.24) is 0 Å². The molecule has 0 spiro atoms. The highest BCUT2D eigenvalue weighted by Gasteiger charge is 1.97. The predicted octanol–water partition coefficient (Wildman–Crippen LogP) is 3.79. The summed E-state index contributed by atoms with van der Waals surface area (Å²) in [4.78, 5) is 0. The molecule has 0 aliphatic carbocycles. The van der Waals surface area contributed by atoms with Crippen LogP contribution in [0.5, 0.6) is 0 Å². The van der Waals surface area contributed by atoms with Crippen molar-refractivity contribution in [1.29, 1.82) is 0 Å². The number of hydrogen-bond acceptors (Lipinski definition) is 0. The van der Waals surface area contributed by atoms with Crippen LogP contribution in [0.4, 0.5) is 0 Å². The second-order valence-corrected chi connectivity index (χ2v) is 4.41. The summed E-state index contributed by atoms with van der Waals surface area (Å²) in [6.45, 7) is 4.46. The highest BCUT2D eigenvalue weighted by atomic mass is 127. The molecule has 0 aliphatic heterocycles. The van der Waals surface area contributed by atoms with Crippen molar-refractivity contribution >= 4 is 22.6 Å². The molecule has 1 rings (SSSR count). The van der Waals surface area contributed by atoms with E-state index in [1.807, 2.05) is 0 Å². The zero-order valence-corrected chi connectivity index (χ0v) is 9.84. The fourth-order valence-corrected chi connectivity index (χ4v) is 1.80. The second-order valence-electron chi connectivity index (χ2n) is 3.34. The standard InChI is InChI=1S/C11H15I/c1-9(2)11-5-3-10(4-6-11)7-8-12/h3-6,9H,7-8H2,1-2H3. The van der Waals surface area contributed by atoms with Crippen LogP contribution in [-0.2, 0) is 6.42 Å². The number of alkyl halides is 1. The molecule has 0 fully saturated rings. The van der Waals surface area contributed by atoms with Gasteiger partial charge in [-0.3, -0.25) is 0 Å². The van der Waals surface area contributed by atoms with Crippen molar-refractivity contribution in [2.24, 2.45) is 0 Å². The smallest absolute Gasteiger partial charge is 0.00358 e. The highest BCUT2D eigenvalue weighted by molar-refractivity contribution is 14.1. The van der Waals surface area contributed by atoms with Crippen LogP contribution in [-0.4, -0.2) is 4.43 Å². The molecule has 1 heteroatoms. The Balaban J connectivity index is 2.71. The van der Waals surface area contributed by atoms with Gasteiger partial charge in [-0.1, -0.05) is 60.7 Å². The molecule has 0 N–H and O–H groups in total. The molecule has 0 amide bonds. The minimum atomic E-state index is 0.652. The molecule has 0 heterocycles. The van der Waals surface area contributed by atoms with E-state index in [1.165, 1.54) is 22.0 Å². The van der Waals surface area contributed by atoms with Crippen LogP contribution in [0.3, 0.4) is 0 Å². The molecule has 12 heavy (non-hydrogen) atoms. The van der Waals surface area contributed by atoms with Gasteiger partial charge in [0.25, 0.3) is 0 Å². The van der Waals surface area contributed by atoms with Gasteiger partial charge in [0, 0.05) is 4.43 Å². The van der Waals surface area contributed by atoms with Crippen LogP contribution in [0.25, 0.3) is 0 Å². The van der Waals surface area contributed by atoms with E-state index < -0.39 is 0 Å². The topological polar surface area (TPSA) is 0 Å². The Morgan fingerprint density at radius 3 is 2.17 bits per heavy atom. The first-order valence-electron chi connectivity index (χ1n) is 4.39. The van der Waals surface area contributed by atoms with E-state index in [0.717, 1.165) is 0 Å². The summed E-state index contributed by atoms with van der Waals surface area (Å²) in [5.74, 6) is 0.652.